The fourth-order valence-corrected chi connectivity index (χ4v) is 2.65. The summed E-state index contributed by atoms with van der Waals surface area (Å²) in [5.41, 5.74) is 1.85. The molecular formula is C22H25NO6. The second-order valence-corrected chi connectivity index (χ2v) is 6.23. The van der Waals surface area contributed by atoms with Crippen LogP contribution in [0.4, 0.5) is 5.69 Å². The molecule has 7 heteroatoms. The number of carbonyl (C=O) groups is 2. The number of benzene rings is 2. The van der Waals surface area contributed by atoms with Crippen LogP contribution in [-0.2, 0) is 15.9 Å². The van der Waals surface area contributed by atoms with Gasteiger partial charge in [0.15, 0.2) is 0 Å². The van der Waals surface area contributed by atoms with Crippen molar-refractivity contribution in [3.05, 3.63) is 71.8 Å². The van der Waals surface area contributed by atoms with Crippen LogP contribution >= 0.6 is 0 Å². The first-order chi connectivity index (χ1) is 14.0. The lowest BCUT2D eigenvalue weighted by molar-refractivity contribution is 0.0599. The quantitative estimate of drug-likeness (QED) is 0.469. The van der Waals surface area contributed by atoms with Gasteiger partial charge in [-0.15, -0.1) is 6.58 Å². The number of methoxy groups -OCH3 is 2. The average molecular weight is 399 g/mol. The number of rotatable bonds is 10. The molecule has 1 unspecified atom stereocenters. The van der Waals surface area contributed by atoms with E-state index in [1.54, 1.807) is 6.08 Å². The zero-order chi connectivity index (χ0) is 21.2. The van der Waals surface area contributed by atoms with Crippen molar-refractivity contribution in [1.82, 2.24) is 0 Å². The number of ether oxygens (including phenoxy) is 3. The lowest BCUT2D eigenvalue weighted by Crippen LogP contribution is -2.26. The van der Waals surface area contributed by atoms with E-state index in [-0.39, 0.29) is 24.3 Å². The van der Waals surface area contributed by atoms with Gasteiger partial charge >= 0.3 is 11.9 Å². The molecule has 154 valence electrons. The molecule has 29 heavy (non-hydrogen) atoms. The number of esters is 2. The van der Waals surface area contributed by atoms with E-state index in [1.165, 1.54) is 32.4 Å². The molecule has 0 saturated heterocycles. The Morgan fingerprint density at radius 1 is 1.10 bits per heavy atom. The van der Waals surface area contributed by atoms with Crippen LogP contribution in [0.1, 0.15) is 26.3 Å². The Labute approximate surface area is 169 Å². The van der Waals surface area contributed by atoms with E-state index >= 15 is 0 Å². The van der Waals surface area contributed by atoms with E-state index in [4.69, 9.17) is 14.2 Å². The summed E-state index contributed by atoms with van der Waals surface area (Å²) in [6.07, 6.45) is 1.63. The average Bonchev–Trinajstić information content (AvgIpc) is 2.75. The Balaban J connectivity index is 2.02. The molecule has 0 spiro atoms. The highest BCUT2D eigenvalue weighted by Gasteiger charge is 2.15. The molecule has 2 rings (SSSR count). The lowest BCUT2D eigenvalue weighted by atomic mass is 10.1. The standard InChI is InChI=1S/C22H25NO6/c1-4-7-15-8-5-6-9-20(15)29-14-19(24)13-23-18-11-16(21(25)27-2)10-17(12-18)22(26)28-3/h4-6,8-12,19,23-24H,1,7,13-14H2,2-3H3. The minimum atomic E-state index is -0.824. The summed E-state index contributed by atoms with van der Waals surface area (Å²) < 4.78 is 15.1. The fraction of sp³-hybridized carbons (Fsp3) is 0.273. The van der Waals surface area contributed by atoms with Crippen molar-refractivity contribution in [2.24, 2.45) is 0 Å². The Bertz CT molecular complexity index is 830. The molecule has 0 bridgehead atoms. The lowest BCUT2D eigenvalue weighted by Gasteiger charge is -2.16. The van der Waals surface area contributed by atoms with Gasteiger partial charge in [0.25, 0.3) is 0 Å². The van der Waals surface area contributed by atoms with E-state index in [1.807, 2.05) is 24.3 Å². The summed E-state index contributed by atoms with van der Waals surface area (Å²) in [6, 6.07) is 12.0. The Morgan fingerprint density at radius 2 is 1.72 bits per heavy atom. The summed E-state index contributed by atoms with van der Waals surface area (Å²) in [7, 11) is 2.51. The Kier molecular flexibility index (Phi) is 8.24. The van der Waals surface area contributed by atoms with Gasteiger partial charge in [-0.05, 0) is 36.2 Å². The SMILES string of the molecule is C=CCc1ccccc1OCC(O)CNc1cc(C(=O)OC)cc(C(=O)OC)c1. The topological polar surface area (TPSA) is 94.1 Å². The third-order valence-corrected chi connectivity index (χ3v) is 4.09. The summed E-state index contributed by atoms with van der Waals surface area (Å²) in [6.45, 7) is 3.94. The van der Waals surface area contributed by atoms with Crippen LogP contribution in [0.25, 0.3) is 0 Å². The Hall–Kier alpha value is -3.32. The summed E-state index contributed by atoms with van der Waals surface area (Å²) >= 11 is 0. The smallest absolute Gasteiger partial charge is 0.337 e. The van der Waals surface area contributed by atoms with Crippen molar-refractivity contribution in [3.63, 3.8) is 0 Å². The molecule has 0 aliphatic heterocycles. The van der Waals surface area contributed by atoms with Crippen LogP contribution in [0.3, 0.4) is 0 Å². The number of anilines is 1. The van der Waals surface area contributed by atoms with E-state index in [0.717, 1.165) is 5.56 Å². The third-order valence-electron chi connectivity index (χ3n) is 4.09. The molecule has 1 atom stereocenters. The van der Waals surface area contributed by atoms with Gasteiger partial charge in [0.1, 0.15) is 18.5 Å². The highest BCUT2D eigenvalue weighted by atomic mass is 16.5. The molecule has 0 radical (unpaired) electrons. The number of aliphatic hydroxyl groups excluding tert-OH is 1. The zero-order valence-electron chi connectivity index (χ0n) is 16.5. The van der Waals surface area contributed by atoms with Gasteiger partial charge in [-0.2, -0.15) is 0 Å². The minimum absolute atomic E-state index is 0.0711. The van der Waals surface area contributed by atoms with E-state index in [0.29, 0.717) is 17.9 Å². The molecule has 2 aromatic rings. The van der Waals surface area contributed by atoms with Gasteiger partial charge in [0.2, 0.25) is 0 Å². The van der Waals surface area contributed by atoms with Gasteiger partial charge in [-0.1, -0.05) is 24.3 Å². The van der Waals surface area contributed by atoms with Crippen LogP contribution in [-0.4, -0.2) is 50.5 Å². The van der Waals surface area contributed by atoms with Crippen molar-refractivity contribution in [2.45, 2.75) is 12.5 Å². The van der Waals surface area contributed by atoms with E-state index < -0.39 is 18.0 Å². The minimum Gasteiger partial charge on any atom is -0.491 e. The normalized spacial score (nSPS) is 11.3. The maximum absolute atomic E-state index is 11.8. The highest BCUT2D eigenvalue weighted by molar-refractivity contribution is 5.96. The van der Waals surface area contributed by atoms with Crippen LogP contribution in [0.2, 0.25) is 0 Å². The number of hydrogen-bond acceptors (Lipinski definition) is 7. The monoisotopic (exact) mass is 399 g/mol. The molecule has 2 N–H and O–H groups in total. The zero-order valence-corrected chi connectivity index (χ0v) is 16.5. The number of carbonyl (C=O) groups excluding carboxylic acids is 2. The van der Waals surface area contributed by atoms with E-state index in [9.17, 15) is 14.7 Å². The molecule has 0 saturated carbocycles. The molecular weight excluding hydrogens is 374 g/mol. The van der Waals surface area contributed by atoms with E-state index in [2.05, 4.69) is 11.9 Å². The van der Waals surface area contributed by atoms with Crippen molar-refractivity contribution in [2.75, 3.05) is 32.7 Å². The van der Waals surface area contributed by atoms with Gasteiger partial charge in [-0.25, -0.2) is 9.59 Å². The molecule has 0 aliphatic carbocycles. The van der Waals surface area contributed by atoms with Crippen LogP contribution < -0.4 is 10.1 Å². The first kappa shape index (κ1) is 22.0. The number of aliphatic hydroxyl groups is 1. The predicted molar refractivity (Wildman–Crippen MR) is 109 cm³/mol. The van der Waals surface area contributed by atoms with Gasteiger partial charge in [0, 0.05) is 12.2 Å². The van der Waals surface area contributed by atoms with Crippen molar-refractivity contribution in [1.29, 1.82) is 0 Å². The van der Waals surface area contributed by atoms with Crippen molar-refractivity contribution in [3.8, 4) is 5.75 Å². The number of para-hydroxylation sites is 1. The summed E-state index contributed by atoms with van der Waals surface area (Å²) in [5.74, 6) is -0.477. The number of nitrogens with one attached hydrogen (secondary N) is 1. The van der Waals surface area contributed by atoms with Gasteiger partial charge < -0.3 is 24.6 Å². The molecule has 2 aromatic carbocycles. The van der Waals surface area contributed by atoms with Crippen LogP contribution in [0.15, 0.2) is 55.1 Å². The highest BCUT2D eigenvalue weighted by Crippen LogP contribution is 2.20. The Morgan fingerprint density at radius 3 is 2.31 bits per heavy atom. The number of allylic oxidation sites excluding steroid dienone is 1. The van der Waals surface area contributed by atoms with Crippen molar-refractivity contribution >= 4 is 17.6 Å². The fourth-order valence-electron chi connectivity index (χ4n) is 2.65. The van der Waals surface area contributed by atoms with Gasteiger partial charge in [-0.3, -0.25) is 0 Å². The molecule has 0 amide bonds. The maximum Gasteiger partial charge on any atom is 0.337 e. The second-order valence-electron chi connectivity index (χ2n) is 6.23. The molecule has 7 nitrogen and oxygen atoms in total. The third kappa shape index (κ3) is 6.36. The van der Waals surface area contributed by atoms with Crippen molar-refractivity contribution < 1.29 is 28.9 Å². The molecule has 0 aromatic heterocycles. The maximum atomic E-state index is 11.8. The molecule has 0 aliphatic rings. The predicted octanol–water partition coefficient (Wildman–Crippen LogP) is 2.84. The first-order valence-electron chi connectivity index (χ1n) is 9.03. The summed E-state index contributed by atoms with van der Waals surface area (Å²) in [4.78, 5) is 23.7. The first-order valence-corrected chi connectivity index (χ1v) is 9.03. The van der Waals surface area contributed by atoms with Gasteiger partial charge in [0.05, 0.1) is 25.3 Å². The largest absolute Gasteiger partial charge is 0.491 e. The second kappa shape index (κ2) is 10.9. The molecule has 0 heterocycles. The van der Waals surface area contributed by atoms with Crippen LogP contribution in [0, 0.1) is 0 Å². The molecule has 0 fully saturated rings. The van der Waals surface area contributed by atoms with Crippen LogP contribution in [0.5, 0.6) is 5.75 Å². The summed E-state index contributed by atoms with van der Waals surface area (Å²) in [5, 5.41) is 13.2. The number of hydrogen-bond donors (Lipinski definition) is 2.